The van der Waals surface area contributed by atoms with Crippen molar-refractivity contribution >= 4 is 15.8 Å². The zero-order valence-corrected chi connectivity index (χ0v) is 9.56. The Kier molecular flexibility index (Phi) is 2.57. The molecule has 0 unspecified atom stereocenters. The van der Waals surface area contributed by atoms with E-state index in [0.717, 1.165) is 6.20 Å². The molecule has 0 atom stereocenters. The highest BCUT2D eigenvalue weighted by atomic mass is 32.2. The summed E-state index contributed by atoms with van der Waals surface area (Å²) < 4.78 is 27.2. The first-order chi connectivity index (χ1) is 8.03. The molecule has 0 aromatic carbocycles. The first kappa shape index (κ1) is 11.2. The van der Waals surface area contributed by atoms with E-state index < -0.39 is 10.0 Å². The third kappa shape index (κ3) is 2.11. The summed E-state index contributed by atoms with van der Waals surface area (Å²) in [4.78, 5) is -0.0213. The number of anilines is 1. The van der Waals surface area contributed by atoms with Crippen LogP contribution in [0, 0.1) is 11.3 Å². The quantitative estimate of drug-likeness (QED) is 0.785. The van der Waals surface area contributed by atoms with Gasteiger partial charge in [-0.3, -0.25) is 14.5 Å². The number of hydrogen-bond donors (Lipinski definition) is 2. The van der Waals surface area contributed by atoms with Crippen LogP contribution in [-0.4, -0.2) is 28.4 Å². The third-order valence-corrected chi connectivity index (χ3v) is 3.27. The number of aromatic amines is 1. The number of aryl methyl sites for hydroxylation is 1. The molecule has 9 heteroatoms. The van der Waals surface area contributed by atoms with Gasteiger partial charge >= 0.3 is 0 Å². The Morgan fingerprint density at radius 3 is 2.94 bits per heavy atom. The van der Waals surface area contributed by atoms with Crippen molar-refractivity contribution in [3.8, 4) is 6.07 Å². The zero-order valence-electron chi connectivity index (χ0n) is 8.75. The first-order valence-electron chi connectivity index (χ1n) is 4.48. The molecule has 0 fully saturated rings. The van der Waals surface area contributed by atoms with Gasteiger partial charge in [-0.1, -0.05) is 0 Å². The van der Waals surface area contributed by atoms with Crippen molar-refractivity contribution in [2.45, 2.75) is 4.90 Å². The Morgan fingerprint density at radius 2 is 2.35 bits per heavy atom. The van der Waals surface area contributed by atoms with E-state index in [-0.39, 0.29) is 16.3 Å². The molecular weight excluding hydrogens is 244 g/mol. The van der Waals surface area contributed by atoms with Crippen LogP contribution in [0.1, 0.15) is 5.56 Å². The zero-order chi connectivity index (χ0) is 12.5. The highest BCUT2D eigenvalue weighted by Gasteiger charge is 2.19. The molecule has 2 aromatic heterocycles. The monoisotopic (exact) mass is 252 g/mol. The average molecular weight is 252 g/mol. The average Bonchev–Trinajstić information content (AvgIpc) is 2.86. The van der Waals surface area contributed by atoms with Gasteiger partial charge in [0.1, 0.15) is 16.5 Å². The lowest BCUT2D eigenvalue weighted by Gasteiger charge is -2.02. The number of nitrogens with zero attached hydrogens (tertiary/aromatic N) is 4. The summed E-state index contributed by atoms with van der Waals surface area (Å²) in [6, 6.07) is 1.85. The Hall–Kier alpha value is -2.34. The van der Waals surface area contributed by atoms with E-state index in [2.05, 4.69) is 20.0 Å². The number of sulfonamides is 1. The second kappa shape index (κ2) is 3.91. The van der Waals surface area contributed by atoms with Crippen LogP contribution in [0.5, 0.6) is 0 Å². The molecule has 2 N–H and O–H groups in total. The Balaban J connectivity index is 2.37. The Morgan fingerprint density at radius 1 is 1.59 bits per heavy atom. The number of nitriles is 1. The maximum atomic E-state index is 11.8. The van der Waals surface area contributed by atoms with Crippen molar-refractivity contribution in [3.63, 3.8) is 0 Å². The topological polar surface area (TPSA) is 116 Å². The molecule has 0 saturated heterocycles. The molecule has 0 saturated carbocycles. The number of aromatic nitrogens is 4. The molecule has 0 radical (unpaired) electrons. The number of nitrogens with one attached hydrogen (secondary N) is 2. The largest absolute Gasteiger partial charge is 0.284 e. The summed E-state index contributed by atoms with van der Waals surface area (Å²) in [6.45, 7) is 0. The lowest BCUT2D eigenvalue weighted by atomic mass is 10.4. The highest BCUT2D eigenvalue weighted by molar-refractivity contribution is 7.92. The summed E-state index contributed by atoms with van der Waals surface area (Å²) in [6.07, 6.45) is 3.82. The van der Waals surface area contributed by atoms with Gasteiger partial charge in [0.25, 0.3) is 10.0 Å². The third-order valence-electron chi connectivity index (χ3n) is 1.96. The standard InChI is InChI=1S/C8H8N6O2S/c1-14-5-6(2-9)8(12-14)13-17(15,16)7-3-10-11-4-7/h3-5H,1H3,(H,10,11)(H,12,13). The van der Waals surface area contributed by atoms with Gasteiger partial charge in [-0.05, 0) is 0 Å². The maximum absolute atomic E-state index is 11.8. The van der Waals surface area contributed by atoms with E-state index in [1.807, 2.05) is 6.07 Å². The molecule has 8 nitrogen and oxygen atoms in total. The van der Waals surface area contributed by atoms with E-state index in [0.29, 0.717) is 0 Å². The summed E-state index contributed by atoms with van der Waals surface area (Å²) in [5.74, 6) is -0.00352. The fourth-order valence-corrected chi connectivity index (χ4v) is 2.14. The van der Waals surface area contributed by atoms with Crippen LogP contribution in [0.25, 0.3) is 0 Å². The molecule has 0 amide bonds. The van der Waals surface area contributed by atoms with Crippen molar-refractivity contribution in [1.29, 1.82) is 5.26 Å². The van der Waals surface area contributed by atoms with Crippen LogP contribution in [0.2, 0.25) is 0 Å². The summed E-state index contributed by atoms with van der Waals surface area (Å²) in [5, 5.41) is 18.6. The molecular formula is C8H8N6O2S. The molecule has 2 heterocycles. The summed E-state index contributed by atoms with van der Waals surface area (Å²) in [7, 11) is -2.17. The molecule has 0 aliphatic rings. The van der Waals surface area contributed by atoms with Crippen molar-refractivity contribution in [1.82, 2.24) is 20.0 Å². The van der Waals surface area contributed by atoms with Crippen molar-refractivity contribution in [3.05, 3.63) is 24.2 Å². The summed E-state index contributed by atoms with van der Waals surface area (Å²) in [5.41, 5.74) is 0.152. The number of H-pyrrole nitrogens is 1. The first-order valence-corrected chi connectivity index (χ1v) is 5.96. The van der Waals surface area contributed by atoms with Crippen LogP contribution in [0.15, 0.2) is 23.5 Å². The van der Waals surface area contributed by atoms with Crippen LogP contribution < -0.4 is 4.72 Å². The summed E-state index contributed by atoms with van der Waals surface area (Å²) >= 11 is 0. The van der Waals surface area contributed by atoms with Crippen LogP contribution in [0.3, 0.4) is 0 Å². The van der Waals surface area contributed by atoms with Gasteiger partial charge in [0, 0.05) is 19.4 Å². The Bertz CT molecular complexity index is 663. The molecule has 2 rings (SSSR count). The Labute approximate surface area is 96.9 Å². The molecule has 88 valence electrons. The van der Waals surface area contributed by atoms with Crippen LogP contribution in [0.4, 0.5) is 5.82 Å². The maximum Gasteiger partial charge on any atom is 0.266 e. The van der Waals surface area contributed by atoms with E-state index in [9.17, 15) is 8.42 Å². The van der Waals surface area contributed by atoms with E-state index in [1.54, 1.807) is 7.05 Å². The predicted octanol–water partition coefficient (Wildman–Crippen LogP) is -0.184. The van der Waals surface area contributed by atoms with Crippen LogP contribution in [-0.2, 0) is 17.1 Å². The van der Waals surface area contributed by atoms with Gasteiger partial charge in [0.2, 0.25) is 0 Å². The van der Waals surface area contributed by atoms with E-state index >= 15 is 0 Å². The molecule has 0 aliphatic heterocycles. The molecule has 2 aromatic rings. The lowest BCUT2D eigenvalue weighted by molar-refractivity contribution is 0.601. The fraction of sp³-hybridized carbons (Fsp3) is 0.125. The van der Waals surface area contributed by atoms with E-state index in [4.69, 9.17) is 5.26 Å². The van der Waals surface area contributed by atoms with Crippen molar-refractivity contribution in [2.24, 2.45) is 7.05 Å². The molecule has 0 spiro atoms. The van der Waals surface area contributed by atoms with Gasteiger partial charge in [0.15, 0.2) is 5.82 Å². The highest BCUT2D eigenvalue weighted by Crippen LogP contribution is 2.16. The SMILES string of the molecule is Cn1cc(C#N)c(NS(=O)(=O)c2cn[nH]c2)n1. The van der Waals surface area contributed by atoms with Gasteiger partial charge < -0.3 is 0 Å². The molecule has 17 heavy (non-hydrogen) atoms. The number of rotatable bonds is 3. The van der Waals surface area contributed by atoms with E-state index in [1.165, 1.54) is 17.1 Å². The predicted molar refractivity (Wildman–Crippen MR) is 57.3 cm³/mol. The lowest BCUT2D eigenvalue weighted by Crippen LogP contribution is -2.13. The second-order valence-corrected chi connectivity index (χ2v) is 4.90. The normalized spacial score (nSPS) is 11.1. The fourth-order valence-electron chi connectivity index (χ4n) is 1.22. The number of hydrogen-bond acceptors (Lipinski definition) is 5. The van der Waals surface area contributed by atoms with Crippen molar-refractivity contribution in [2.75, 3.05) is 4.72 Å². The minimum atomic E-state index is -3.76. The van der Waals surface area contributed by atoms with Gasteiger partial charge in [0.05, 0.1) is 6.20 Å². The molecule has 0 bridgehead atoms. The molecule has 0 aliphatic carbocycles. The van der Waals surface area contributed by atoms with Gasteiger partial charge in [-0.15, -0.1) is 0 Å². The smallest absolute Gasteiger partial charge is 0.266 e. The van der Waals surface area contributed by atoms with Crippen molar-refractivity contribution < 1.29 is 8.42 Å². The van der Waals surface area contributed by atoms with Gasteiger partial charge in [-0.25, -0.2) is 8.42 Å². The second-order valence-electron chi connectivity index (χ2n) is 3.22. The van der Waals surface area contributed by atoms with Gasteiger partial charge in [-0.2, -0.15) is 15.5 Å². The minimum absolute atomic E-state index is 0.00352. The van der Waals surface area contributed by atoms with Crippen LogP contribution >= 0.6 is 0 Å². The minimum Gasteiger partial charge on any atom is -0.284 e.